The SMILES string of the molecule is COc1cc(C(=O)NC2CCCNC2)cc(OC)c1OCc1ccccc1.Cl. The van der Waals surface area contributed by atoms with E-state index in [0.717, 1.165) is 31.5 Å². The van der Waals surface area contributed by atoms with Gasteiger partial charge in [0.25, 0.3) is 5.91 Å². The number of hydrogen-bond acceptors (Lipinski definition) is 5. The van der Waals surface area contributed by atoms with Gasteiger partial charge < -0.3 is 24.8 Å². The standard InChI is InChI=1S/C21H26N2O4.ClH/c1-25-18-11-16(21(24)23-17-9-6-10-22-13-17)12-19(26-2)20(18)27-14-15-7-4-3-5-8-15;/h3-5,7-8,11-12,17,22H,6,9-10,13-14H2,1-2H3,(H,23,24);1H. The van der Waals surface area contributed by atoms with Crippen molar-refractivity contribution in [2.24, 2.45) is 0 Å². The smallest absolute Gasteiger partial charge is 0.251 e. The first-order chi connectivity index (χ1) is 13.2. The van der Waals surface area contributed by atoms with Gasteiger partial charge in [-0.1, -0.05) is 30.3 Å². The molecule has 28 heavy (non-hydrogen) atoms. The predicted octanol–water partition coefficient (Wildman–Crippen LogP) is 3.19. The number of carbonyl (C=O) groups is 1. The van der Waals surface area contributed by atoms with E-state index in [1.165, 1.54) is 0 Å². The molecular weight excluding hydrogens is 380 g/mol. The molecule has 1 saturated heterocycles. The maximum absolute atomic E-state index is 12.6. The zero-order chi connectivity index (χ0) is 19.1. The minimum Gasteiger partial charge on any atom is -0.493 e. The molecule has 1 unspecified atom stereocenters. The number of benzene rings is 2. The number of piperidine rings is 1. The molecule has 1 amide bonds. The summed E-state index contributed by atoms with van der Waals surface area (Å²) in [5, 5.41) is 6.36. The summed E-state index contributed by atoms with van der Waals surface area (Å²) in [7, 11) is 3.10. The van der Waals surface area contributed by atoms with Crippen LogP contribution in [0.15, 0.2) is 42.5 Å². The molecule has 1 aliphatic heterocycles. The summed E-state index contributed by atoms with van der Waals surface area (Å²) in [6.45, 7) is 2.17. The summed E-state index contributed by atoms with van der Waals surface area (Å²) in [5.74, 6) is 1.28. The number of carbonyl (C=O) groups excluding carboxylic acids is 1. The Morgan fingerprint density at radius 3 is 2.39 bits per heavy atom. The van der Waals surface area contributed by atoms with Gasteiger partial charge >= 0.3 is 0 Å². The van der Waals surface area contributed by atoms with E-state index in [9.17, 15) is 4.79 Å². The first kappa shape index (κ1) is 21.9. The Kier molecular flexibility index (Phi) is 8.42. The molecule has 3 rings (SSSR count). The Morgan fingerprint density at radius 2 is 1.82 bits per heavy atom. The van der Waals surface area contributed by atoms with Crippen molar-refractivity contribution in [1.29, 1.82) is 0 Å². The minimum atomic E-state index is -0.144. The van der Waals surface area contributed by atoms with Gasteiger partial charge in [-0.2, -0.15) is 0 Å². The summed E-state index contributed by atoms with van der Waals surface area (Å²) in [5.41, 5.74) is 1.52. The van der Waals surface area contributed by atoms with Gasteiger partial charge in [0.1, 0.15) is 6.61 Å². The molecule has 1 heterocycles. The molecule has 0 bridgehead atoms. The number of nitrogens with one attached hydrogen (secondary N) is 2. The van der Waals surface area contributed by atoms with Crippen LogP contribution in [0.1, 0.15) is 28.8 Å². The Hall–Kier alpha value is -2.44. The maximum Gasteiger partial charge on any atom is 0.251 e. The largest absolute Gasteiger partial charge is 0.493 e. The molecule has 0 radical (unpaired) electrons. The van der Waals surface area contributed by atoms with Gasteiger partial charge in [-0.05, 0) is 37.1 Å². The first-order valence-corrected chi connectivity index (χ1v) is 9.15. The molecule has 0 aromatic heterocycles. The predicted molar refractivity (Wildman–Crippen MR) is 111 cm³/mol. The molecule has 2 aromatic carbocycles. The van der Waals surface area contributed by atoms with Crippen molar-refractivity contribution in [3.8, 4) is 17.2 Å². The van der Waals surface area contributed by atoms with E-state index in [0.29, 0.717) is 29.4 Å². The Morgan fingerprint density at radius 1 is 1.14 bits per heavy atom. The van der Waals surface area contributed by atoms with Crippen molar-refractivity contribution >= 4 is 18.3 Å². The van der Waals surface area contributed by atoms with Crippen molar-refractivity contribution in [3.63, 3.8) is 0 Å². The highest BCUT2D eigenvalue weighted by Gasteiger charge is 2.21. The highest BCUT2D eigenvalue weighted by molar-refractivity contribution is 5.95. The topological polar surface area (TPSA) is 68.8 Å². The average Bonchev–Trinajstić information content (AvgIpc) is 2.73. The molecule has 152 valence electrons. The second-order valence-corrected chi connectivity index (χ2v) is 6.50. The van der Waals surface area contributed by atoms with Crippen molar-refractivity contribution in [3.05, 3.63) is 53.6 Å². The van der Waals surface area contributed by atoms with Crippen molar-refractivity contribution in [2.45, 2.75) is 25.5 Å². The number of hydrogen-bond donors (Lipinski definition) is 2. The summed E-state index contributed by atoms with van der Waals surface area (Å²) in [6.07, 6.45) is 2.04. The van der Waals surface area contributed by atoms with E-state index in [1.807, 2.05) is 30.3 Å². The fourth-order valence-corrected chi connectivity index (χ4v) is 3.13. The van der Waals surface area contributed by atoms with E-state index in [4.69, 9.17) is 14.2 Å². The van der Waals surface area contributed by atoms with E-state index in [1.54, 1.807) is 26.4 Å². The van der Waals surface area contributed by atoms with Gasteiger partial charge in [-0.25, -0.2) is 0 Å². The van der Waals surface area contributed by atoms with Gasteiger partial charge in [0, 0.05) is 18.2 Å². The lowest BCUT2D eigenvalue weighted by atomic mass is 10.1. The summed E-state index contributed by atoms with van der Waals surface area (Å²) < 4.78 is 16.8. The molecule has 0 spiro atoms. The monoisotopic (exact) mass is 406 g/mol. The fraction of sp³-hybridized carbons (Fsp3) is 0.381. The highest BCUT2D eigenvalue weighted by Crippen LogP contribution is 2.39. The van der Waals surface area contributed by atoms with Crippen LogP contribution >= 0.6 is 12.4 Å². The van der Waals surface area contributed by atoms with Gasteiger partial charge in [-0.15, -0.1) is 12.4 Å². The van der Waals surface area contributed by atoms with Crippen molar-refractivity contribution in [2.75, 3.05) is 27.3 Å². The number of halogens is 1. The van der Waals surface area contributed by atoms with E-state index < -0.39 is 0 Å². The third kappa shape index (κ3) is 5.53. The van der Waals surface area contributed by atoms with Crippen LogP contribution in [0.3, 0.4) is 0 Å². The van der Waals surface area contributed by atoms with Crippen molar-refractivity contribution in [1.82, 2.24) is 10.6 Å². The van der Waals surface area contributed by atoms with Crippen LogP contribution in [0.4, 0.5) is 0 Å². The van der Waals surface area contributed by atoms with Gasteiger partial charge in [0.2, 0.25) is 5.75 Å². The zero-order valence-electron chi connectivity index (χ0n) is 16.2. The highest BCUT2D eigenvalue weighted by atomic mass is 35.5. The van der Waals surface area contributed by atoms with Crippen LogP contribution in [-0.2, 0) is 6.61 Å². The third-order valence-electron chi connectivity index (χ3n) is 4.58. The molecule has 0 aliphatic carbocycles. The molecule has 2 aromatic rings. The van der Waals surface area contributed by atoms with Gasteiger partial charge in [0.05, 0.1) is 14.2 Å². The number of methoxy groups -OCH3 is 2. The molecule has 1 fully saturated rings. The molecule has 6 nitrogen and oxygen atoms in total. The lowest BCUT2D eigenvalue weighted by Gasteiger charge is -2.24. The van der Waals surface area contributed by atoms with E-state index >= 15 is 0 Å². The van der Waals surface area contributed by atoms with Crippen molar-refractivity contribution < 1.29 is 19.0 Å². The van der Waals surface area contributed by atoms with Crippen LogP contribution in [0.5, 0.6) is 17.2 Å². The molecule has 1 atom stereocenters. The molecule has 1 aliphatic rings. The molecular formula is C21H27ClN2O4. The van der Waals surface area contributed by atoms with Crippen LogP contribution in [-0.4, -0.2) is 39.3 Å². The lowest BCUT2D eigenvalue weighted by Crippen LogP contribution is -2.45. The second kappa shape index (κ2) is 10.8. The second-order valence-electron chi connectivity index (χ2n) is 6.50. The number of amides is 1. The fourth-order valence-electron chi connectivity index (χ4n) is 3.13. The van der Waals surface area contributed by atoms with Crippen LogP contribution in [0.25, 0.3) is 0 Å². The minimum absolute atomic E-state index is 0. The summed E-state index contributed by atoms with van der Waals surface area (Å²) in [6, 6.07) is 13.4. The number of rotatable bonds is 7. The Bertz CT molecular complexity index is 739. The first-order valence-electron chi connectivity index (χ1n) is 9.15. The van der Waals surface area contributed by atoms with E-state index in [-0.39, 0.29) is 24.4 Å². The normalized spacial score (nSPS) is 15.9. The van der Waals surface area contributed by atoms with Gasteiger partial charge in [0.15, 0.2) is 11.5 Å². The molecule has 2 N–H and O–H groups in total. The number of ether oxygens (including phenoxy) is 3. The summed E-state index contributed by atoms with van der Waals surface area (Å²) >= 11 is 0. The maximum atomic E-state index is 12.6. The van der Waals surface area contributed by atoms with Crippen LogP contribution < -0.4 is 24.8 Å². The summed E-state index contributed by atoms with van der Waals surface area (Å²) in [4.78, 5) is 12.6. The Balaban J connectivity index is 0.00000280. The zero-order valence-corrected chi connectivity index (χ0v) is 17.0. The van der Waals surface area contributed by atoms with Gasteiger partial charge in [-0.3, -0.25) is 4.79 Å². The van der Waals surface area contributed by atoms with Crippen LogP contribution in [0, 0.1) is 0 Å². The van der Waals surface area contributed by atoms with E-state index in [2.05, 4.69) is 10.6 Å². The third-order valence-corrected chi connectivity index (χ3v) is 4.58. The lowest BCUT2D eigenvalue weighted by molar-refractivity contribution is 0.0929. The Labute approximate surface area is 172 Å². The molecule has 7 heteroatoms. The average molecular weight is 407 g/mol. The molecule has 0 saturated carbocycles. The van der Waals surface area contributed by atoms with Crippen LogP contribution in [0.2, 0.25) is 0 Å². The quantitative estimate of drug-likeness (QED) is 0.739.